The summed E-state index contributed by atoms with van der Waals surface area (Å²) in [5.74, 6) is -0.0536. The maximum atomic E-state index is 12.1. The predicted octanol–water partition coefficient (Wildman–Crippen LogP) is 1.55. The molecule has 1 aromatic rings. The molecule has 1 aromatic carbocycles. The summed E-state index contributed by atoms with van der Waals surface area (Å²) < 4.78 is 0. The van der Waals surface area contributed by atoms with Crippen molar-refractivity contribution >= 4 is 17.3 Å². The number of benzene rings is 1. The van der Waals surface area contributed by atoms with Gasteiger partial charge in [-0.2, -0.15) is 5.26 Å². The number of hydrogen-bond donors (Lipinski definition) is 2. The molecule has 6 heteroatoms. The van der Waals surface area contributed by atoms with E-state index in [1.807, 2.05) is 19.2 Å². The van der Waals surface area contributed by atoms with Crippen molar-refractivity contribution in [2.24, 2.45) is 0 Å². The van der Waals surface area contributed by atoms with Crippen LogP contribution in [0.1, 0.15) is 31.2 Å². The second-order valence-corrected chi connectivity index (χ2v) is 6.76. The number of nitrogens with zero attached hydrogens (tertiary/aromatic N) is 3. The van der Waals surface area contributed by atoms with Crippen LogP contribution in [0.25, 0.3) is 0 Å². The smallest absolute Gasteiger partial charge is 0.238 e. The number of rotatable bonds is 5. The summed E-state index contributed by atoms with van der Waals surface area (Å²) in [5, 5.41) is 21.9. The summed E-state index contributed by atoms with van der Waals surface area (Å²) in [4.78, 5) is 16.3. The van der Waals surface area contributed by atoms with E-state index in [0.29, 0.717) is 23.8 Å². The van der Waals surface area contributed by atoms with Gasteiger partial charge in [0.2, 0.25) is 5.91 Å². The minimum Gasteiger partial charge on any atom is -0.393 e. The molecule has 1 saturated heterocycles. The van der Waals surface area contributed by atoms with Gasteiger partial charge in [-0.25, -0.2) is 0 Å². The fourth-order valence-corrected chi connectivity index (χ4v) is 3.16. The Labute approximate surface area is 142 Å². The van der Waals surface area contributed by atoms with Gasteiger partial charge in [0.05, 0.1) is 23.9 Å². The Morgan fingerprint density at radius 2 is 2.08 bits per heavy atom. The molecule has 2 fully saturated rings. The van der Waals surface area contributed by atoms with Gasteiger partial charge in [-0.15, -0.1) is 0 Å². The van der Waals surface area contributed by atoms with Gasteiger partial charge in [-0.05, 0) is 50.9 Å². The third kappa shape index (κ3) is 4.05. The number of piperidine rings is 1. The monoisotopic (exact) mass is 328 g/mol. The zero-order valence-electron chi connectivity index (χ0n) is 14.0. The zero-order chi connectivity index (χ0) is 17.1. The van der Waals surface area contributed by atoms with E-state index in [1.54, 1.807) is 6.07 Å². The van der Waals surface area contributed by atoms with Crippen molar-refractivity contribution in [3.05, 3.63) is 23.8 Å². The van der Waals surface area contributed by atoms with Gasteiger partial charge < -0.3 is 15.3 Å². The predicted molar refractivity (Wildman–Crippen MR) is 92.9 cm³/mol. The molecule has 6 nitrogen and oxygen atoms in total. The SMILES string of the molecule is CN(CC(=O)Nc1ccc(N2CCC(O)CC2)c(C#N)c1)C1CC1. The van der Waals surface area contributed by atoms with E-state index in [1.165, 1.54) is 12.8 Å². The fraction of sp³-hybridized carbons (Fsp3) is 0.556. The molecule has 1 heterocycles. The highest BCUT2D eigenvalue weighted by atomic mass is 16.3. The maximum absolute atomic E-state index is 12.1. The molecule has 0 aromatic heterocycles. The van der Waals surface area contributed by atoms with Crippen LogP contribution in [0.15, 0.2) is 18.2 Å². The number of aliphatic hydroxyl groups excluding tert-OH is 1. The van der Waals surface area contributed by atoms with Crippen LogP contribution in [0, 0.1) is 11.3 Å². The van der Waals surface area contributed by atoms with Crippen molar-refractivity contribution in [2.75, 3.05) is 36.9 Å². The van der Waals surface area contributed by atoms with Gasteiger partial charge in [-0.3, -0.25) is 9.69 Å². The number of carbonyl (C=O) groups is 1. The van der Waals surface area contributed by atoms with Crippen LogP contribution in [-0.4, -0.2) is 54.7 Å². The molecular weight excluding hydrogens is 304 g/mol. The first kappa shape index (κ1) is 16.7. The van der Waals surface area contributed by atoms with Gasteiger partial charge >= 0.3 is 0 Å². The molecule has 2 N–H and O–H groups in total. The Balaban J connectivity index is 1.65. The summed E-state index contributed by atoms with van der Waals surface area (Å²) in [5.41, 5.74) is 2.08. The lowest BCUT2D eigenvalue weighted by Crippen LogP contribution is -2.36. The average molecular weight is 328 g/mol. The second-order valence-electron chi connectivity index (χ2n) is 6.76. The second kappa shape index (κ2) is 7.20. The molecular formula is C18H24N4O2. The molecule has 3 rings (SSSR count). The highest BCUT2D eigenvalue weighted by molar-refractivity contribution is 5.92. The lowest BCUT2D eigenvalue weighted by atomic mass is 10.0. The standard InChI is InChI=1S/C18H24N4O2/c1-21(15-3-4-15)12-18(24)20-14-2-5-17(13(10-14)11-19)22-8-6-16(23)7-9-22/h2,5,10,15-16,23H,3-4,6-9,12H2,1H3,(H,20,24). The molecule has 1 saturated carbocycles. The Bertz CT molecular complexity index is 643. The first-order valence-corrected chi connectivity index (χ1v) is 8.54. The topological polar surface area (TPSA) is 79.6 Å². The van der Waals surface area contributed by atoms with E-state index in [2.05, 4.69) is 21.2 Å². The molecule has 24 heavy (non-hydrogen) atoms. The van der Waals surface area contributed by atoms with Crippen LogP contribution in [-0.2, 0) is 4.79 Å². The molecule has 0 spiro atoms. The number of likely N-dealkylation sites (N-methyl/N-ethyl adjacent to an activating group) is 1. The van der Waals surface area contributed by atoms with E-state index in [9.17, 15) is 15.2 Å². The van der Waals surface area contributed by atoms with Gasteiger partial charge in [0.15, 0.2) is 0 Å². The summed E-state index contributed by atoms with van der Waals surface area (Å²) in [6, 6.07) is 8.23. The number of nitrogens with one attached hydrogen (secondary N) is 1. The van der Waals surface area contributed by atoms with Gasteiger partial charge in [0.25, 0.3) is 0 Å². The Morgan fingerprint density at radius 1 is 1.38 bits per heavy atom. The average Bonchev–Trinajstić information content (AvgIpc) is 3.40. The number of anilines is 2. The number of aliphatic hydroxyl groups is 1. The molecule has 1 aliphatic heterocycles. The Kier molecular flexibility index (Phi) is 5.03. The summed E-state index contributed by atoms with van der Waals surface area (Å²) in [7, 11) is 1.96. The number of nitriles is 1. The molecule has 0 unspecified atom stereocenters. The fourth-order valence-electron chi connectivity index (χ4n) is 3.16. The van der Waals surface area contributed by atoms with Crippen molar-refractivity contribution in [3.8, 4) is 6.07 Å². The van der Waals surface area contributed by atoms with E-state index in [4.69, 9.17) is 0 Å². The number of hydrogen-bond acceptors (Lipinski definition) is 5. The van der Waals surface area contributed by atoms with Crippen molar-refractivity contribution in [2.45, 2.75) is 37.8 Å². The molecule has 0 atom stereocenters. The molecule has 0 radical (unpaired) electrons. The molecule has 2 aliphatic rings. The largest absolute Gasteiger partial charge is 0.393 e. The highest BCUT2D eigenvalue weighted by Gasteiger charge is 2.27. The van der Waals surface area contributed by atoms with Crippen LogP contribution in [0.5, 0.6) is 0 Å². The lowest BCUT2D eigenvalue weighted by Gasteiger charge is -2.32. The first-order valence-electron chi connectivity index (χ1n) is 8.54. The molecule has 1 amide bonds. The highest BCUT2D eigenvalue weighted by Crippen LogP contribution is 2.27. The van der Waals surface area contributed by atoms with Crippen molar-refractivity contribution in [3.63, 3.8) is 0 Å². The minimum absolute atomic E-state index is 0.0536. The van der Waals surface area contributed by atoms with Crippen molar-refractivity contribution in [1.82, 2.24) is 4.90 Å². The lowest BCUT2D eigenvalue weighted by molar-refractivity contribution is -0.117. The maximum Gasteiger partial charge on any atom is 0.238 e. The first-order chi connectivity index (χ1) is 11.6. The summed E-state index contributed by atoms with van der Waals surface area (Å²) in [6.07, 6.45) is 3.53. The van der Waals surface area contributed by atoms with E-state index in [-0.39, 0.29) is 12.0 Å². The van der Waals surface area contributed by atoms with Gasteiger partial charge in [-0.1, -0.05) is 0 Å². The van der Waals surface area contributed by atoms with Crippen LogP contribution in [0.3, 0.4) is 0 Å². The third-order valence-electron chi connectivity index (χ3n) is 4.77. The molecule has 0 bridgehead atoms. The molecule has 128 valence electrons. The quantitative estimate of drug-likeness (QED) is 0.857. The summed E-state index contributed by atoms with van der Waals surface area (Å²) >= 11 is 0. The summed E-state index contributed by atoms with van der Waals surface area (Å²) in [6.45, 7) is 1.86. The van der Waals surface area contributed by atoms with E-state index < -0.39 is 0 Å². The third-order valence-corrected chi connectivity index (χ3v) is 4.77. The van der Waals surface area contributed by atoms with Gasteiger partial charge in [0.1, 0.15) is 6.07 Å². The normalized spacial score (nSPS) is 18.5. The minimum atomic E-state index is -0.242. The molecule has 1 aliphatic carbocycles. The van der Waals surface area contributed by atoms with Crippen LogP contribution in [0.4, 0.5) is 11.4 Å². The Morgan fingerprint density at radius 3 is 2.71 bits per heavy atom. The van der Waals surface area contributed by atoms with Crippen molar-refractivity contribution in [1.29, 1.82) is 5.26 Å². The van der Waals surface area contributed by atoms with Crippen LogP contribution in [0.2, 0.25) is 0 Å². The zero-order valence-corrected chi connectivity index (χ0v) is 14.0. The number of carbonyl (C=O) groups excluding carboxylic acids is 1. The van der Waals surface area contributed by atoms with Crippen LogP contribution < -0.4 is 10.2 Å². The van der Waals surface area contributed by atoms with E-state index >= 15 is 0 Å². The van der Waals surface area contributed by atoms with E-state index in [0.717, 1.165) is 31.6 Å². The van der Waals surface area contributed by atoms with Crippen molar-refractivity contribution < 1.29 is 9.90 Å². The number of amides is 1. The van der Waals surface area contributed by atoms with Crippen LogP contribution >= 0.6 is 0 Å². The Hall–Kier alpha value is -2.10. The van der Waals surface area contributed by atoms with Gasteiger partial charge in [0, 0.05) is 24.8 Å².